The minimum atomic E-state index is 0. The summed E-state index contributed by atoms with van der Waals surface area (Å²) < 4.78 is 0. The van der Waals surface area contributed by atoms with Gasteiger partial charge in [-0.1, -0.05) is 30.7 Å². The highest BCUT2D eigenvalue weighted by Gasteiger charge is 2.44. The lowest BCUT2D eigenvalue weighted by Gasteiger charge is -2.18. The average Bonchev–Trinajstić information content (AvgIpc) is 3.27. The third kappa shape index (κ3) is 5.73. The lowest BCUT2D eigenvalue weighted by molar-refractivity contribution is 0.342. The van der Waals surface area contributed by atoms with Gasteiger partial charge in [-0.25, -0.2) is 0 Å². The Balaban J connectivity index is 0.00000243. The predicted octanol–water partition coefficient (Wildman–Crippen LogP) is 3.89. The quantitative estimate of drug-likeness (QED) is 0.346. The van der Waals surface area contributed by atoms with Gasteiger partial charge in [0, 0.05) is 30.1 Å². The molecule has 0 amide bonds. The number of benzene rings is 1. The van der Waals surface area contributed by atoms with Gasteiger partial charge in [0.25, 0.3) is 0 Å². The first-order chi connectivity index (χ1) is 12.1. The Kier molecular flexibility index (Phi) is 8.48. The van der Waals surface area contributed by atoms with E-state index in [9.17, 15) is 0 Å². The highest BCUT2D eigenvalue weighted by Crippen LogP contribution is 2.48. The molecule has 1 heterocycles. The maximum Gasteiger partial charge on any atom is 0.191 e. The van der Waals surface area contributed by atoms with E-state index < -0.39 is 0 Å². The van der Waals surface area contributed by atoms with Crippen LogP contribution in [0.4, 0.5) is 0 Å². The maximum absolute atomic E-state index is 6.17. The third-order valence-corrected chi connectivity index (χ3v) is 5.79. The molecule has 1 saturated heterocycles. The van der Waals surface area contributed by atoms with Crippen molar-refractivity contribution in [2.45, 2.75) is 38.5 Å². The molecule has 1 saturated carbocycles. The van der Waals surface area contributed by atoms with Crippen molar-refractivity contribution in [3.05, 3.63) is 34.9 Å². The Morgan fingerprint density at radius 2 is 2.12 bits per heavy atom. The molecule has 26 heavy (non-hydrogen) atoms. The summed E-state index contributed by atoms with van der Waals surface area (Å²) in [6, 6.07) is 8.27. The average molecular weight is 491 g/mol. The van der Waals surface area contributed by atoms with Crippen molar-refractivity contribution in [2.24, 2.45) is 10.9 Å². The molecule has 1 aliphatic carbocycles. The smallest absolute Gasteiger partial charge is 0.191 e. The number of nitrogens with one attached hydrogen (secondary N) is 2. The van der Waals surface area contributed by atoms with Crippen LogP contribution in [0.3, 0.4) is 0 Å². The minimum Gasteiger partial charge on any atom is -0.357 e. The molecule has 0 spiro atoms. The van der Waals surface area contributed by atoms with E-state index >= 15 is 0 Å². The fourth-order valence-corrected chi connectivity index (χ4v) is 3.88. The molecule has 2 N–H and O–H groups in total. The van der Waals surface area contributed by atoms with Gasteiger partial charge in [-0.15, -0.1) is 24.0 Å². The predicted molar refractivity (Wildman–Crippen MR) is 122 cm³/mol. The number of hydrogen-bond acceptors (Lipinski definition) is 2. The number of rotatable bonds is 7. The van der Waals surface area contributed by atoms with Crippen molar-refractivity contribution in [1.82, 2.24) is 15.5 Å². The van der Waals surface area contributed by atoms with Crippen LogP contribution in [0.15, 0.2) is 29.3 Å². The molecular weight excluding hydrogens is 459 g/mol. The second-order valence-electron chi connectivity index (χ2n) is 7.41. The minimum absolute atomic E-state index is 0. The zero-order valence-electron chi connectivity index (χ0n) is 15.9. The molecule has 1 aromatic rings. The van der Waals surface area contributed by atoms with Gasteiger partial charge in [0.15, 0.2) is 5.96 Å². The molecule has 4 nitrogen and oxygen atoms in total. The Labute approximate surface area is 180 Å². The Morgan fingerprint density at radius 1 is 1.31 bits per heavy atom. The fourth-order valence-electron chi connectivity index (χ4n) is 3.69. The van der Waals surface area contributed by atoms with E-state index in [2.05, 4.69) is 41.5 Å². The summed E-state index contributed by atoms with van der Waals surface area (Å²) in [6.45, 7) is 10.7. The summed E-state index contributed by atoms with van der Waals surface area (Å²) in [7, 11) is 0. The SMILES string of the molecule is CCNC(=NCC1(c2cccc(Cl)c2)CC1)NCC1CCN(CC)C1.I. The molecule has 146 valence electrons. The summed E-state index contributed by atoms with van der Waals surface area (Å²) in [5.41, 5.74) is 1.52. The number of aliphatic imine (C=N–C) groups is 1. The zero-order valence-corrected chi connectivity index (χ0v) is 19.0. The highest BCUT2D eigenvalue weighted by molar-refractivity contribution is 14.0. The Bertz CT molecular complexity index is 603. The van der Waals surface area contributed by atoms with Crippen LogP contribution in [0.5, 0.6) is 0 Å². The van der Waals surface area contributed by atoms with E-state index in [1.54, 1.807) is 0 Å². The van der Waals surface area contributed by atoms with Gasteiger partial charge in [-0.3, -0.25) is 4.99 Å². The molecule has 3 rings (SSSR count). The number of hydrogen-bond donors (Lipinski definition) is 2. The van der Waals surface area contributed by atoms with Crippen molar-refractivity contribution in [3.8, 4) is 0 Å². The van der Waals surface area contributed by atoms with Gasteiger partial charge in [-0.05, 0) is 62.9 Å². The van der Waals surface area contributed by atoms with Crippen LogP contribution in [0, 0.1) is 5.92 Å². The second kappa shape index (κ2) is 10.1. The first kappa shape index (κ1) is 21.8. The second-order valence-corrected chi connectivity index (χ2v) is 7.85. The normalized spacial score (nSPS) is 22.0. The van der Waals surface area contributed by atoms with Crippen LogP contribution < -0.4 is 10.6 Å². The molecule has 0 bridgehead atoms. The van der Waals surface area contributed by atoms with Crippen LogP contribution in [0.2, 0.25) is 5.02 Å². The van der Waals surface area contributed by atoms with Crippen LogP contribution in [0.25, 0.3) is 0 Å². The number of likely N-dealkylation sites (tertiary alicyclic amines) is 1. The summed E-state index contributed by atoms with van der Waals surface area (Å²) in [6.07, 6.45) is 3.68. The van der Waals surface area contributed by atoms with Crippen molar-refractivity contribution >= 4 is 41.5 Å². The van der Waals surface area contributed by atoms with E-state index in [4.69, 9.17) is 16.6 Å². The molecule has 0 radical (unpaired) electrons. The molecule has 0 aromatic heterocycles. The van der Waals surface area contributed by atoms with Crippen molar-refractivity contribution in [3.63, 3.8) is 0 Å². The van der Waals surface area contributed by atoms with Gasteiger partial charge < -0.3 is 15.5 Å². The van der Waals surface area contributed by atoms with Crippen molar-refractivity contribution < 1.29 is 0 Å². The fraction of sp³-hybridized carbons (Fsp3) is 0.650. The monoisotopic (exact) mass is 490 g/mol. The molecule has 1 unspecified atom stereocenters. The highest BCUT2D eigenvalue weighted by atomic mass is 127. The van der Waals surface area contributed by atoms with Crippen LogP contribution >= 0.6 is 35.6 Å². The molecule has 1 atom stereocenters. The van der Waals surface area contributed by atoms with E-state index in [1.807, 2.05) is 12.1 Å². The third-order valence-electron chi connectivity index (χ3n) is 5.55. The van der Waals surface area contributed by atoms with E-state index in [0.29, 0.717) is 0 Å². The zero-order chi connectivity index (χ0) is 17.7. The van der Waals surface area contributed by atoms with Crippen molar-refractivity contribution in [1.29, 1.82) is 0 Å². The molecule has 2 aliphatic rings. The van der Waals surface area contributed by atoms with Gasteiger partial charge in [0.1, 0.15) is 0 Å². The molecule has 1 aromatic carbocycles. The molecular formula is C20H32ClIN4. The van der Waals surface area contributed by atoms with Crippen LogP contribution in [-0.2, 0) is 5.41 Å². The van der Waals surface area contributed by atoms with Crippen LogP contribution in [0.1, 0.15) is 38.7 Å². The molecule has 1 aliphatic heterocycles. The van der Waals surface area contributed by atoms with Crippen LogP contribution in [-0.4, -0.2) is 50.1 Å². The Morgan fingerprint density at radius 3 is 2.73 bits per heavy atom. The Hall–Kier alpha value is -0.530. The van der Waals surface area contributed by atoms with Gasteiger partial charge in [-0.2, -0.15) is 0 Å². The van der Waals surface area contributed by atoms with E-state index in [1.165, 1.54) is 37.9 Å². The molecule has 6 heteroatoms. The van der Waals surface area contributed by atoms with Gasteiger partial charge in [0.05, 0.1) is 6.54 Å². The van der Waals surface area contributed by atoms with Crippen molar-refractivity contribution in [2.75, 3.05) is 39.3 Å². The standard InChI is InChI=1S/C20H31ClN4.HI/c1-3-22-19(23-13-16-8-11-25(4-2)14-16)24-15-20(9-10-20)17-6-5-7-18(21)12-17;/h5-7,12,16H,3-4,8-11,13-15H2,1-2H3,(H2,22,23,24);1H. The largest absolute Gasteiger partial charge is 0.357 e. The lowest BCUT2D eigenvalue weighted by Crippen LogP contribution is -2.40. The summed E-state index contributed by atoms with van der Waals surface area (Å²) in [5.74, 6) is 1.68. The molecule has 2 fully saturated rings. The first-order valence-electron chi connectivity index (χ1n) is 9.66. The van der Waals surface area contributed by atoms with E-state index in [-0.39, 0.29) is 29.4 Å². The summed E-state index contributed by atoms with van der Waals surface area (Å²) in [5, 5.41) is 7.77. The number of nitrogens with zero attached hydrogens (tertiary/aromatic N) is 2. The number of halogens is 2. The number of guanidine groups is 1. The topological polar surface area (TPSA) is 39.7 Å². The first-order valence-corrected chi connectivity index (χ1v) is 10.0. The van der Waals surface area contributed by atoms with Gasteiger partial charge in [0.2, 0.25) is 0 Å². The summed E-state index contributed by atoms with van der Waals surface area (Å²) >= 11 is 6.17. The van der Waals surface area contributed by atoms with Gasteiger partial charge >= 0.3 is 0 Å². The van der Waals surface area contributed by atoms with E-state index in [0.717, 1.165) is 43.1 Å². The summed E-state index contributed by atoms with van der Waals surface area (Å²) in [4.78, 5) is 7.41. The lowest BCUT2D eigenvalue weighted by atomic mass is 9.96. The maximum atomic E-state index is 6.17.